The van der Waals surface area contributed by atoms with E-state index in [0.29, 0.717) is 11.3 Å². The predicted molar refractivity (Wildman–Crippen MR) is 69.6 cm³/mol. The monoisotopic (exact) mass is 246 g/mol. The van der Waals surface area contributed by atoms with Gasteiger partial charge in [0.2, 0.25) is 0 Å². The number of nitrogens with one attached hydrogen (secondary N) is 1. The van der Waals surface area contributed by atoms with Crippen molar-refractivity contribution < 1.29 is 9.13 Å². The van der Waals surface area contributed by atoms with Gasteiger partial charge in [0, 0.05) is 12.6 Å². The van der Waals surface area contributed by atoms with Crippen LogP contribution in [0.1, 0.15) is 12.5 Å². The Morgan fingerprint density at radius 2 is 2.17 bits per heavy atom. The van der Waals surface area contributed by atoms with Gasteiger partial charge >= 0.3 is 0 Å². The number of hydrogen-bond acceptors (Lipinski definition) is 3. The van der Waals surface area contributed by atoms with Crippen LogP contribution >= 0.6 is 0 Å². The normalized spacial score (nSPS) is 10.2. The van der Waals surface area contributed by atoms with E-state index in [2.05, 4.69) is 10.3 Å². The van der Waals surface area contributed by atoms with Gasteiger partial charge in [-0.3, -0.25) is 4.98 Å². The van der Waals surface area contributed by atoms with Gasteiger partial charge in [0.1, 0.15) is 5.75 Å². The number of nitrogens with zero attached hydrogens (tertiary/aromatic N) is 1. The Morgan fingerprint density at radius 1 is 1.33 bits per heavy atom. The molecule has 0 saturated heterocycles. The molecule has 0 fully saturated rings. The lowest BCUT2D eigenvalue weighted by Crippen LogP contribution is -1.97. The van der Waals surface area contributed by atoms with E-state index in [1.54, 1.807) is 43.6 Å². The fourth-order valence-corrected chi connectivity index (χ4v) is 1.60. The summed E-state index contributed by atoms with van der Waals surface area (Å²) in [4.78, 5) is 4.04. The topological polar surface area (TPSA) is 34.2 Å². The van der Waals surface area contributed by atoms with Gasteiger partial charge in [0.15, 0.2) is 11.6 Å². The first-order valence-electron chi connectivity index (χ1n) is 5.82. The third-order valence-corrected chi connectivity index (χ3v) is 2.48. The fourth-order valence-electron chi connectivity index (χ4n) is 1.60. The highest BCUT2D eigenvalue weighted by atomic mass is 19.1. The number of aromatic nitrogens is 1. The highest BCUT2D eigenvalue weighted by Gasteiger charge is 2.07. The van der Waals surface area contributed by atoms with Crippen molar-refractivity contribution >= 4 is 5.69 Å². The molecule has 94 valence electrons. The fraction of sp³-hybridized carbons (Fsp3) is 0.214. The smallest absolute Gasteiger partial charge is 0.168 e. The van der Waals surface area contributed by atoms with Gasteiger partial charge in [-0.15, -0.1) is 0 Å². The van der Waals surface area contributed by atoms with Gasteiger partial charge in [-0.05, 0) is 25.5 Å². The molecule has 1 aromatic heterocycles. The highest BCUT2D eigenvalue weighted by molar-refractivity contribution is 5.46. The minimum atomic E-state index is -0.341. The molecule has 0 radical (unpaired) electrons. The van der Waals surface area contributed by atoms with E-state index < -0.39 is 0 Å². The Bertz CT molecular complexity index is 543. The number of ether oxygens (including phenoxy) is 1. The molecule has 0 saturated carbocycles. The van der Waals surface area contributed by atoms with Crippen LogP contribution in [0.4, 0.5) is 10.1 Å². The van der Waals surface area contributed by atoms with Crippen LogP contribution in [0.25, 0.3) is 0 Å². The summed E-state index contributed by atoms with van der Waals surface area (Å²) in [6.45, 7) is 4.49. The van der Waals surface area contributed by atoms with Gasteiger partial charge in [0.25, 0.3) is 0 Å². The lowest BCUT2D eigenvalue weighted by atomic mass is 10.2. The zero-order chi connectivity index (χ0) is 13.0. The standard InChI is InChI=1S/C14H15FN2O/c1-3-17-11-7-12(9-16-8-11)18-13-6-4-5-10(2)14(13)15/h4-9,17H,3H2,1-2H3. The molecule has 0 spiro atoms. The van der Waals surface area contributed by atoms with Crippen LogP contribution in [0.2, 0.25) is 0 Å². The lowest BCUT2D eigenvalue weighted by molar-refractivity contribution is 0.438. The van der Waals surface area contributed by atoms with E-state index in [-0.39, 0.29) is 11.6 Å². The maximum atomic E-state index is 13.8. The molecule has 1 heterocycles. The molecule has 2 rings (SSSR count). The second-order valence-corrected chi connectivity index (χ2v) is 3.93. The molecule has 4 heteroatoms. The molecular formula is C14H15FN2O. The van der Waals surface area contributed by atoms with Gasteiger partial charge in [-0.25, -0.2) is 4.39 Å². The van der Waals surface area contributed by atoms with Crippen LogP contribution in [0.15, 0.2) is 36.7 Å². The average Bonchev–Trinajstić information content (AvgIpc) is 2.36. The number of hydrogen-bond donors (Lipinski definition) is 1. The summed E-state index contributed by atoms with van der Waals surface area (Å²) in [7, 11) is 0. The molecule has 0 amide bonds. The van der Waals surface area contributed by atoms with Gasteiger partial charge in [-0.1, -0.05) is 12.1 Å². The Balaban J connectivity index is 2.23. The van der Waals surface area contributed by atoms with Crippen LogP contribution in [0.5, 0.6) is 11.5 Å². The molecular weight excluding hydrogens is 231 g/mol. The number of rotatable bonds is 4. The summed E-state index contributed by atoms with van der Waals surface area (Å²) in [5.41, 5.74) is 1.41. The molecule has 0 atom stereocenters. The van der Waals surface area contributed by atoms with E-state index in [1.807, 2.05) is 6.92 Å². The van der Waals surface area contributed by atoms with Crippen molar-refractivity contribution in [1.82, 2.24) is 4.98 Å². The molecule has 18 heavy (non-hydrogen) atoms. The largest absolute Gasteiger partial charge is 0.453 e. The van der Waals surface area contributed by atoms with Crippen molar-refractivity contribution in [2.45, 2.75) is 13.8 Å². The molecule has 0 bridgehead atoms. The maximum Gasteiger partial charge on any atom is 0.168 e. The third-order valence-electron chi connectivity index (χ3n) is 2.48. The minimum Gasteiger partial charge on any atom is -0.453 e. The van der Waals surface area contributed by atoms with Gasteiger partial charge in [0.05, 0.1) is 18.1 Å². The second-order valence-electron chi connectivity index (χ2n) is 3.93. The van der Waals surface area contributed by atoms with E-state index in [0.717, 1.165) is 12.2 Å². The van der Waals surface area contributed by atoms with Crippen LogP contribution in [-0.4, -0.2) is 11.5 Å². The average molecular weight is 246 g/mol. The summed E-state index contributed by atoms with van der Waals surface area (Å²) in [6.07, 6.45) is 3.26. The van der Waals surface area contributed by atoms with Gasteiger partial charge < -0.3 is 10.1 Å². The number of anilines is 1. The van der Waals surface area contributed by atoms with Crippen molar-refractivity contribution in [2.24, 2.45) is 0 Å². The lowest BCUT2D eigenvalue weighted by Gasteiger charge is -2.09. The summed E-state index contributed by atoms with van der Waals surface area (Å²) in [5, 5.41) is 3.12. The number of aryl methyl sites for hydroxylation is 1. The summed E-state index contributed by atoms with van der Waals surface area (Å²) < 4.78 is 19.3. The van der Waals surface area contributed by atoms with Crippen LogP contribution in [-0.2, 0) is 0 Å². The minimum absolute atomic E-state index is 0.213. The highest BCUT2D eigenvalue weighted by Crippen LogP contribution is 2.26. The van der Waals surface area contributed by atoms with Crippen molar-refractivity contribution in [1.29, 1.82) is 0 Å². The first-order chi connectivity index (χ1) is 8.70. The van der Waals surface area contributed by atoms with Crippen molar-refractivity contribution in [3.8, 4) is 11.5 Å². The summed E-state index contributed by atoms with van der Waals surface area (Å²) in [6, 6.07) is 6.85. The zero-order valence-corrected chi connectivity index (χ0v) is 10.4. The number of halogens is 1. The number of pyridine rings is 1. The van der Waals surface area contributed by atoms with Crippen molar-refractivity contribution in [2.75, 3.05) is 11.9 Å². The Kier molecular flexibility index (Phi) is 3.77. The van der Waals surface area contributed by atoms with E-state index in [9.17, 15) is 4.39 Å². The quantitative estimate of drug-likeness (QED) is 0.892. The molecule has 2 aromatic rings. The Labute approximate surface area is 106 Å². The van der Waals surface area contributed by atoms with E-state index in [4.69, 9.17) is 4.74 Å². The zero-order valence-electron chi connectivity index (χ0n) is 10.4. The Morgan fingerprint density at radius 3 is 2.94 bits per heavy atom. The molecule has 3 nitrogen and oxygen atoms in total. The molecule has 0 unspecified atom stereocenters. The summed E-state index contributed by atoms with van der Waals surface area (Å²) in [5.74, 6) is 0.384. The molecule has 0 aliphatic heterocycles. The maximum absolute atomic E-state index is 13.8. The summed E-state index contributed by atoms with van der Waals surface area (Å²) >= 11 is 0. The first-order valence-corrected chi connectivity index (χ1v) is 5.82. The first kappa shape index (κ1) is 12.4. The molecule has 0 aliphatic rings. The van der Waals surface area contributed by atoms with Crippen molar-refractivity contribution in [3.63, 3.8) is 0 Å². The molecule has 1 aromatic carbocycles. The van der Waals surface area contributed by atoms with E-state index in [1.165, 1.54) is 0 Å². The molecule has 1 N–H and O–H groups in total. The van der Waals surface area contributed by atoms with Crippen LogP contribution < -0.4 is 10.1 Å². The second kappa shape index (κ2) is 5.49. The van der Waals surface area contributed by atoms with E-state index >= 15 is 0 Å². The predicted octanol–water partition coefficient (Wildman–Crippen LogP) is 3.75. The number of benzene rings is 1. The van der Waals surface area contributed by atoms with Crippen LogP contribution in [0.3, 0.4) is 0 Å². The Hall–Kier alpha value is -2.10. The van der Waals surface area contributed by atoms with Crippen LogP contribution in [0, 0.1) is 12.7 Å². The SMILES string of the molecule is CCNc1cncc(Oc2cccc(C)c2F)c1. The van der Waals surface area contributed by atoms with Gasteiger partial charge in [-0.2, -0.15) is 0 Å². The third kappa shape index (κ3) is 2.77. The molecule has 0 aliphatic carbocycles. The van der Waals surface area contributed by atoms with Crippen molar-refractivity contribution in [3.05, 3.63) is 48.0 Å².